The standard InChI is InChI=1S/C9H15NO3/c1-3-12-9(11)10-8-6-4-5-7(2)13-8/h5,8H,3-4,6H2,1-2H3,(H,10,11). The number of carbonyl (C=O) groups excluding carboxylic acids is 1. The fourth-order valence-corrected chi connectivity index (χ4v) is 1.18. The molecule has 1 atom stereocenters. The highest BCUT2D eigenvalue weighted by molar-refractivity contribution is 5.67. The van der Waals surface area contributed by atoms with Gasteiger partial charge in [-0.15, -0.1) is 0 Å². The second kappa shape index (κ2) is 4.74. The molecule has 1 amide bonds. The monoisotopic (exact) mass is 185 g/mol. The molecule has 4 heteroatoms. The van der Waals surface area contributed by atoms with Crippen molar-refractivity contribution in [3.8, 4) is 0 Å². The van der Waals surface area contributed by atoms with Gasteiger partial charge in [0.25, 0.3) is 0 Å². The number of allylic oxidation sites excluding steroid dienone is 2. The maximum absolute atomic E-state index is 11.0. The molecule has 0 aromatic heterocycles. The van der Waals surface area contributed by atoms with Crippen molar-refractivity contribution < 1.29 is 14.3 Å². The molecular formula is C9H15NO3. The van der Waals surface area contributed by atoms with Gasteiger partial charge in [0, 0.05) is 6.42 Å². The Kier molecular flexibility index (Phi) is 3.61. The molecule has 1 aliphatic rings. The largest absolute Gasteiger partial charge is 0.476 e. The van der Waals surface area contributed by atoms with Crippen LogP contribution in [0, 0.1) is 0 Å². The molecule has 0 aromatic carbocycles. The minimum absolute atomic E-state index is 0.232. The number of ether oxygens (including phenoxy) is 2. The van der Waals surface area contributed by atoms with Gasteiger partial charge in [-0.3, -0.25) is 5.32 Å². The molecule has 74 valence electrons. The van der Waals surface area contributed by atoms with Gasteiger partial charge in [-0.2, -0.15) is 0 Å². The number of hydrogen-bond donors (Lipinski definition) is 1. The lowest BCUT2D eigenvalue weighted by Gasteiger charge is -2.23. The number of hydrogen-bond acceptors (Lipinski definition) is 3. The van der Waals surface area contributed by atoms with Crippen LogP contribution >= 0.6 is 0 Å². The van der Waals surface area contributed by atoms with E-state index in [1.807, 2.05) is 13.0 Å². The summed E-state index contributed by atoms with van der Waals surface area (Å²) in [7, 11) is 0. The van der Waals surface area contributed by atoms with Crippen LogP contribution in [0.25, 0.3) is 0 Å². The topological polar surface area (TPSA) is 47.6 Å². The average Bonchev–Trinajstić information content (AvgIpc) is 2.04. The van der Waals surface area contributed by atoms with Crippen LogP contribution in [-0.2, 0) is 9.47 Å². The van der Waals surface area contributed by atoms with Crippen LogP contribution < -0.4 is 5.32 Å². The van der Waals surface area contributed by atoms with Crippen LogP contribution in [0.3, 0.4) is 0 Å². The van der Waals surface area contributed by atoms with Crippen molar-refractivity contribution in [2.24, 2.45) is 0 Å². The number of amides is 1. The van der Waals surface area contributed by atoms with Gasteiger partial charge in [0.05, 0.1) is 12.4 Å². The number of carbonyl (C=O) groups is 1. The van der Waals surface area contributed by atoms with Crippen LogP contribution in [0.5, 0.6) is 0 Å². The van der Waals surface area contributed by atoms with Gasteiger partial charge in [0.2, 0.25) is 0 Å². The summed E-state index contributed by atoms with van der Waals surface area (Å²) in [5, 5.41) is 2.63. The molecule has 1 aliphatic heterocycles. The molecule has 0 saturated heterocycles. The minimum Gasteiger partial charge on any atom is -0.476 e. The van der Waals surface area contributed by atoms with Crippen molar-refractivity contribution in [3.63, 3.8) is 0 Å². The van der Waals surface area contributed by atoms with Crippen LogP contribution in [0.1, 0.15) is 26.7 Å². The Morgan fingerprint density at radius 1 is 1.85 bits per heavy atom. The normalized spacial score (nSPS) is 21.4. The Balaban J connectivity index is 2.29. The zero-order valence-electron chi connectivity index (χ0n) is 8.00. The van der Waals surface area contributed by atoms with Gasteiger partial charge in [0.1, 0.15) is 0 Å². The van der Waals surface area contributed by atoms with Gasteiger partial charge in [-0.05, 0) is 26.3 Å². The molecule has 1 N–H and O–H groups in total. The smallest absolute Gasteiger partial charge is 0.409 e. The number of alkyl carbamates (subject to hydrolysis) is 1. The van der Waals surface area contributed by atoms with Crippen molar-refractivity contribution >= 4 is 6.09 Å². The Morgan fingerprint density at radius 3 is 3.23 bits per heavy atom. The van der Waals surface area contributed by atoms with Crippen LogP contribution in [0.4, 0.5) is 4.79 Å². The third-order valence-corrected chi connectivity index (χ3v) is 1.74. The van der Waals surface area contributed by atoms with Gasteiger partial charge in [0.15, 0.2) is 6.23 Å². The average molecular weight is 185 g/mol. The van der Waals surface area contributed by atoms with Crippen LogP contribution in [-0.4, -0.2) is 18.9 Å². The van der Waals surface area contributed by atoms with Gasteiger partial charge in [-0.1, -0.05) is 0 Å². The molecule has 1 unspecified atom stereocenters. The molecule has 4 nitrogen and oxygen atoms in total. The van der Waals surface area contributed by atoms with Crippen molar-refractivity contribution in [1.29, 1.82) is 0 Å². The van der Waals surface area contributed by atoms with Crippen LogP contribution in [0.15, 0.2) is 11.8 Å². The Labute approximate surface area is 77.9 Å². The Hall–Kier alpha value is -1.19. The third-order valence-electron chi connectivity index (χ3n) is 1.74. The summed E-state index contributed by atoms with van der Waals surface area (Å²) in [4.78, 5) is 11.0. The van der Waals surface area contributed by atoms with E-state index in [4.69, 9.17) is 9.47 Å². The zero-order valence-corrected chi connectivity index (χ0v) is 8.00. The van der Waals surface area contributed by atoms with E-state index in [1.54, 1.807) is 6.92 Å². The quantitative estimate of drug-likeness (QED) is 0.713. The summed E-state index contributed by atoms with van der Waals surface area (Å²) in [5.74, 6) is 0.855. The summed E-state index contributed by atoms with van der Waals surface area (Å²) < 4.78 is 10.1. The lowest BCUT2D eigenvalue weighted by Crippen LogP contribution is -2.37. The first-order chi connectivity index (χ1) is 6.22. The summed E-state index contributed by atoms with van der Waals surface area (Å²) in [6.45, 7) is 4.03. The summed E-state index contributed by atoms with van der Waals surface area (Å²) in [6.07, 6.45) is 3.09. The lowest BCUT2D eigenvalue weighted by atomic mass is 10.2. The predicted molar refractivity (Wildman–Crippen MR) is 48.0 cm³/mol. The molecule has 0 fully saturated rings. The van der Waals surface area contributed by atoms with Crippen molar-refractivity contribution in [2.75, 3.05) is 6.61 Å². The van der Waals surface area contributed by atoms with E-state index in [1.165, 1.54) is 0 Å². The Bertz CT molecular complexity index is 213. The van der Waals surface area contributed by atoms with Gasteiger partial charge < -0.3 is 9.47 Å². The molecular weight excluding hydrogens is 170 g/mol. The molecule has 0 aliphatic carbocycles. The third kappa shape index (κ3) is 3.36. The van der Waals surface area contributed by atoms with E-state index >= 15 is 0 Å². The van der Waals surface area contributed by atoms with Crippen molar-refractivity contribution in [3.05, 3.63) is 11.8 Å². The van der Waals surface area contributed by atoms with Gasteiger partial charge >= 0.3 is 6.09 Å². The highest BCUT2D eigenvalue weighted by Crippen LogP contribution is 2.13. The summed E-state index contributed by atoms with van der Waals surface area (Å²) in [6, 6.07) is 0. The molecule has 1 rings (SSSR count). The molecule has 0 spiro atoms. The fourth-order valence-electron chi connectivity index (χ4n) is 1.18. The van der Waals surface area contributed by atoms with E-state index < -0.39 is 6.09 Å². The molecule has 1 heterocycles. The van der Waals surface area contributed by atoms with E-state index in [0.717, 1.165) is 18.6 Å². The lowest BCUT2D eigenvalue weighted by molar-refractivity contribution is 0.0591. The fraction of sp³-hybridized carbons (Fsp3) is 0.667. The number of nitrogens with one attached hydrogen (secondary N) is 1. The van der Waals surface area contributed by atoms with Crippen molar-refractivity contribution in [2.45, 2.75) is 32.9 Å². The molecule has 13 heavy (non-hydrogen) atoms. The second-order valence-corrected chi connectivity index (χ2v) is 2.86. The van der Waals surface area contributed by atoms with E-state index in [0.29, 0.717) is 6.61 Å². The molecule has 0 saturated carbocycles. The van der Waals surface area contributed by atoms with Gasteiger partial charge in [-0.25, -0.2) is 4.79 Å². The SMILES string of the molecule is CCOC(=O)NC1CCC=C(C)O1. The van der Waals surface area contributed by atoms with Crippen LogP contribution in [0.2, 0.25) is 0 Å². The zero-order chi connectivity index (χ0) is 9.68. The first-order valence-electron chi connectivity index (χ1n) is 4.49. The van der Waals surface area contributed by atoms with E-state index in [-0.39, 0.29) is 6.23 Å². The maximum Gasteiger partial charge on any atom is 0.409 e. The molecule has 0 aromatic rings. The van der Waals surface area contributed by atoms with Crippen molar-refractivity contribution in [1.82, 2.24) is 5.32 Å². The minimum atomic E-state index is -0.415. The summed E-state index contributed by atoms with van der Waals surface area (Å²) >= 11 is 0. The summed E-state index contributed by atoms with van der Waals surface area (Å²) in [5.41, 5.74) is 0. The molecule has 0 bridgehead atoms. The van der Waals surface area contributed by atoms with E-state index in [2.05, 4.69) is 5.32 Å². The first-order valence-corrected chi connectivity index (χ1v) is 4.49. The Morgan fingerprint density at radius 2 is 2.62 bits per heavy atom. The highest BCUT2D eigenvalue weighted by atomic mass is 16.6. The second-order valence-electron chi connectivity index (χ2n) is 2.86. The predicted octanol–water partition coefficient (Wildman–Crippen LogP) is 1.77. The highest BCUT2D eigenvalue weighted by Gasteiger charge is 2.16. The number of rotatable bonds is 2. The van der Waals surface area contributed by atoms with E-state index in [9.17, 15) is 4.79 Å². The first kappa shape index (κ1) is 9.89. The molecule has 0 radical (unpaired) electrons. The maximum atomic E-state index is 11.0.